The lowest BCUT2D eigenvalue weighted by Crippen LogP contribution is -2.13. The second-order valence-electron chi connectivity index (χ2n) is 5.23. The summed E-state index contributed by atoms with van der Waals surface area (Å²) in [6, 6.07) is 10.8. The molecule has 7 nitrogen and oxygen atoms in total. The minimum absolute atomic E-state index is 0.0908. The normalized spacial score (nSPS) is 11.4. The fourth-order valence-electron chi connectivity index (χ4n) is 2.24. The number of nitrogens with zero attached hydrogens (tertiary/aromatic N) is 1. The lowest BCUT2D eigenvalue weighted by atomic mass is 10.3. The van der Waals surface area contributed by atoms with E-state index in [0.717, 1.165) is 0 Å². The number of nitrogens with one attached hydrogen (secondary N) is 2. The van der Waals surface area contributed by atoms with Crippen LogP contribution in [0.3, 0.4) is 0 Å². The van der Waals surface area contributed by atoms with Gasteiger partial charge in [0.25, 0.3) is 10.0 Å². The Hall–Kier alpha value is -2.87. The van der Waals surface area contributed by atoms with E-state index < -0.39 is 10.0 Å². The van der Waals surface area contributed by atoms with Gasteiger partial charge < -0.3 is 9.73 Å². The van der Waals surface area contributed by atoms with Crippen molar-refractivity contribution in [3.05, 3.63) is 48.4 Å². The maximum absolute atomic E-state index is 12.4. The molecule has 0 aliphatic rings. The molecule has 8 heteroatoms. The van der Waals surface area contributed by atoms with Crippen LogP contribution in [0.25, 0.3) is 11.1 Å². The summed E-state index contributed by atoms with van der Waals surface area (Å²) < 4.78 is 32.7. The topological polar surface area (TPSA) is 101 Å². The smallest absolute Gasteiger partial charge is 0.261 e. The number of sulfonamides is 1. The van der Waals surface area contributed by atoms with Crippen molar-refractivity contribution >= 4 is 38.4 Å². The largest absolute Gasteiger partial charge is 0.441 e. The van der Waals surface area contributed by atoms with E-state index >= 15 is 0 Å². The van der Waals surface area contributed by atoms with Crippen LogP contribution in [0.4, 0.5) is 11.4 Å². The van der Waals surface area contributed by atoms with Gasteiger partial charge in [-0.1, -0.05) is 0 Å². The SMILES string of the molecule is CC(=O)Nc1ccc(S(=O)(=O)Nc2ccc3oc(C)nc3c2)cc1. The number of benzene rings is 2. The molecular weight excluding hydrogens is 330 g/mol. The molecule has 1 aromatic heterocycles. The molecule has 2 N–H and O–H groups in total. The van der Waals surface area contributed by atoms with Crippen LogP contribution in [0.1, 0.15) is 12.8 Å². The van der Waals surface area contributed by atoms with Gasteiger partial charge in [0.15, 0.2) is 11.5 Å². The second kappa shape index (κ2) is 5.97. The van der Waals surface area contributed by atoms with E-state index in [4.69, 9.17) is 4.42 Å². The average molecular weight is 345 g/mol. The number of carbonyl (C=O) groups excluding carboxylic acids is 1. The van der Waals surface area contributed by atoms with E-state index in [-0.39, 0.29) is 10.8 Å². The monoisotopic (exact) mass is 345 g/mol. The van der Waals surface area contributed by atoms with Crippen LogP contribution in [-0.4, -0.2) is 19.3 Å². The first-order valence-electron chi connectivity index (χ1n) is 7.11. The molecule has 3 aromatic rings. The highest BCUT2D eigenvalue weighted by molar-refractivity contribution is 7.92. The molecule has 24 heavy (non-hydrogen) atoms. The molecule has 0 spiro atoms. The third kappa shape index (κ3) is 3.38. The Kier molecular flexibility index (Phi) is 3.98. The summed E-state index contributed by atoms with van der Waals surface area (Å²) in [6.45, 7) is 3.11. The van der Waals surface area contributed by atoms with Crippen molar-refractivity contribution in [3.63, 3.8) is 0 Å². The molecule has 0 aliphatic carbocycles. The summed E-state index contributed by atoms with van der Waals surface area (Å²) in [5.41, 5.74) is 2.09. The quantitative estimate of drug-likeness (QED) is 0.757. The number of rotatable bonds is 4. The fourth-order valence-corrected chi connectivity index (χ4v) is 3.29. The Labute approximate surface area is 138 Å². The van der Waals surface area contributed by atoms with Crippen LogP contribution in [-0.2, 0) is 14.8 Å². The van der Waals surface area contributed by atoms with Crippen LogP contribution in [0.5, 0.6) is 0 Å². The molecule has 1 amide bonds. The van der Waals surface area contributed by atoms with Crippen LogP contribution in [0, 0.1) is 6.92 Å². The first-order chi connectivity index (χ1) is 11.3. The van der Waals surface area contributed by atoms with Crippen molar-refractivity contribution in [1.29, 1.82) is 0 Å². The van der Waals surface area contributed by atoms with Crippen molar-refractivity contribution < 1.29 is 17.6 Å². The molecule has 0 saturated heterocycles. The molecule has 0 radical (unpaired) electrons. The Balaban J connectivity index is 1.85. The van der Waals surface area contributed by atoms with E-state index in [2.05, 4.69) is 15.0 Å². The number of hydrogen-bond acceptors (Lipinski definition) is 5. The molecule has 0 fully saturated rings. The average Bonchev–Trinajstić information content (AvgIpc) is 2.86. The Morgan fingerprint density at radius 2 is 1.75 bits per heavy atom. The van der Waals surface area contributed by atoms with Gasteiger partial charge in [0, 0.05) is 19.5 Å². The zero-order valence-electron chi connectivity index (χ0n) is 13.0. The van der Waals surface area contributed by atoms with Crippen molar-refractivity contribution in [3.8, 4) is 0 Å². The highest BCUT2D eigenvalue weighted by Crippen LogP contribution is 2.23. The number of amides is 1. The van der Waals surface area contributed by atoms with Crippen LogP contribution in [0.2, 0.25) is 0 Å². The minimum Gasteiger partial charge on any atom is -0.441 e. The van der Waals surface area contributed by atoms with Gasteiger partial charge in [-0.3, -0.25) is 9.52 Å². The summed E-state index contributed by atoms with van der Waals surface area (Å²) in [5, 5.41) is 2.58. The van der Waals surface area contributed by atoms with E-state index in [1.165, 1.54) is 31.2 Å². The van der Waals surface area contributed by atoms with Crippen LogP contribution in [0.15, 0.2) is 51.8 Å². The number of anilines is 2. The number of aryl methyl sites for hydroxylation is 1. The predicted molar refractivity (Wildman–Crippen MR) is 90.3 cm³/mol. The first kappa shape index (κ1) is 16.0. The molecule has 0 unspecified atom stereocenters. The summed E-state index contributed by atoms with van der Waals surface area (Å²) >= 11 is 0. The van der Waals surface area contributed by atoms with E-state index in [0.29, 0.717) is 28.4 Å². The summed E-state index contributed by atoms with van der Waals surface area (Å²) in [4.78, 5) is 15.3. The van der Waals surface area contributed by atoms with Gasteiger partial charge in [-0.15, -0.1) is 0 Å². The number of fused-ring (bicyclic) bond motifs is 1. The third-order valence-corrected chi connectivity index (χ3v) is 4.63. The molecule has 0 saturated carbocycles. The van der Waals surface area contributed by atoms with Crippen molar-refractivity contribution in [2.24, 2.45) is 0 Å². The number of carbonyl (C=O) groups is 1. The molecular formula is C16H15N3O4S. The van der Waals surface area contributed by atoms with Gasteiger partial charge in [-0.2, -0.15) is 0 Å². The zero-order valence-corrected chi connectivity index (χ0v) is 13.8. The highest BCUT2D eigenvalue weighted by atomic mass is 32.2. The molecule has 0 atom stereocenters. The summed E-state index contributed by atoms with van der Waals surface area (Å²) in [6.07, 6.45) is 0. The number of aromatic nitrogens is 1. The molecule has 2 aromatic carbocycles. The Morgan fingerprint density at radius 1 is 1.08 bits per heavy atom. The number of oxazole rings is 1. The molecule has 0 aliphatic heterocycles. The lowest BCUT2D eigenvalue weighted by Gasteiger charge is -2.09. The maximum Gasteiger partial charge on any atom is 0.261 e. The standard InChI is InChI=1S/C16H15N3O4S/c1-10(20)17-12-3-6-14(7-4-12)24(21,22)19-13-5-8-16-15(9-13)18-11(2)23-16/h3-9,19H,1-2H3,(H,17,20). The maximum atomic E-state index is 12.4. The van der Waals surface area contributed by atoms with E-state index in [1.54, 1.807) is 25.1 Å². The second-order valence-corrected chi connectivity index (χ2v) is 6.91. The summed E-state index contributed by atoms with van der Waals surface area (Å²) in [7, 11) is -3.74. The Bertz CT molecular complexity index is 1010. The van der Waals surface area contributed by atoms with E-state index in [9.17, 15) is 13.2 Å². The number of hydrogen-bond donors (Lipinski definition) is 2. The molecule has 1 heterocycles. The van der Waals surface area contributed by atoms with Gasteiger partial charge >= 0.3 is 0 Å². The molecule has 3 rings (SSSR count). The van der Waals surface area contributed by atoms with Gasteiger partial charge in [0.1, 0.15) is 5.52 Å². The molecule has 0 bridgehead atoms. The zero-order chi connectivity index (χ0) is 17.3. The van der Waals surface area contributed by atoms with Crippen molar-refractivity contribution in [1.82, 2.24) is 4.98 Å². The van der Waals surface area contributed by atoms with E-state index in [1.807, 2.05) is 0 Å². The van der Waals surface area contributed by atoms with Gasteiger partial charge in [0.2, 0.25) is 5.91 Å². The van der Waals surface area contributed by atoms with Gasteiger partial charge in [-0.25, -0.2) is 13.4 Å². The Morgan fingerprint density at radius 3 is 2.42 bits per heavy atom. The minimum atomic E-state index is -3.74. The van der Waals surface area contributed by atoms with Crippen LogP contribution >= 0.6 is 0 Å². The highest BCUT2D eigenvalue weighted by Gasteiger charge is 2.15. The van der Waals surface area contributed by atoms with Crippen molar-refractivity contribution in [2.75, 3.05) is 10.0 Å². The first-order valence-corrected chi connectivity index (χ1v) is 8.59. The van der Waals surface area contributed by atoms with Crippen molar-refractivity contribution in [2.45, 2.75) is 18.7 Å². The summed E-state index contributed by atoms with van der Waals surface area (Å²) in [5.74, 6) is 0.290. The third-order valence-electron chi connectivity index (χ3n) is 3.23. The predicted octanol–water partition coefficient (Wildman–Crippen LogP) is 2.90. The fraction of sp³-hybridized carbons (Fsp3) is 0.125. The van der Waals surface area contributed by atoms with Crippen LogP contribution < -0.4 is 10.0 Å². The molecule has 124 valence electrons. The lowest BCUT2D eigenvalue weighted by molar-refractivity contribution is -0.114. The van der Waals surface area contributed by atoms with Gasteiger partial charge in [-0.05, 0) is 42.5 Å². The van der Waals surface area contributed by atoms with Gasteiger partial charge in [0.05, 0.1) is 10.6 Å².